The number of ketones is 1. The minimum absolute atomic E-state index is 0. The van der Waals surface area contributed by atoms with Crippen LogP contribution in [0.3, 0.4) is 0 Å². The van der Waals surface area contributed by atoms with Crippen LogP contribution in [0.2, 0.25) is 0 Å². The van der Waals surface area contributed by atoms with Gasteiger partial charge in [0, 0.05) is 0 Å². The van der Waals surface area contributed by atoms with Crippen molar-refractivity contribution in [3.8, 4) is 0 Å². The number of carboxylic acid groups (broad SMARTS) is 1. The molecular formula is C5H5NaO3. The molecule has 0 radical (unpaired) electrons. The zero-order chi connectivity index (χ0) is 6.57. The van der Waals surface area contributed by atoms with Gasteiger partial charge in [0.1, 0.15) is 5.97 Å². The van der Waals surface area contributed by atoms with E-state index in [0.717, 1.165) is 6.08 Å². The van der Waals surface area contributed by atoms with Gasteiger partial charge in [0.25, 0.3) is 0 Å². The zero-order valence-corrected chi connectivity index (χ0v) is 7.38. The molecule has 0 atom stereocenters. The maximum Gasteiger partial charge on any atom is 1.00 e. The summed E-state index contributed by atoms with van der Waals surface area (Å²) in [7, 11) is 0. The van der Waals surface area contributed by atoms with E-state index in [1.807, 2.05) is 0 Å². The average molecular weight is 136 g/mol. The second-order valence-electron chi connectivity index (χ2n) is 1.15. The van der Waals surface area contributed by atoms with Crippen LogP contribution in [-0.2, 0) is 9.59 Å². The van der Waals surface area contributed by atoms with Crippen LogP contribution >= 0.6 is 0 Å². The molecule has 44 valence electrons. The van der Waals surface area contributed by atoms with Gasteiger partial charge in [-0.3, -0.25) is 4.79 Å². The number of allylic oxidation sites excluding steroid dienone is 1. The second kappa shape index (κ2) is 6.01. The third-order valence-electron chi connectivity index (χ3n) is 0.519. The van der Waals surface area contributed by atoms with E-state index in [-0.39, 0.29) is 29.6 Å². The third kappa shape index (κ3) is 5.76. The van der Waals surface area contributed by atoms with Gasteiger partial charge in [0.05, 0.1) is 0 Å². The maximum absolute atomic E-state index is 9.99. The summed E-state index contributed by atoms with van der Waals surface area (Å²) in [6.07, 6.45) is 2.29. The van der Waals surface area contributed by atoms with E-state index in [2.05, 4.69) is 0 Å². The van der Waals surface area contributed by atoms with Crippen LogP contribution in [-0.4, -0.2) is 11.8 Å². The van der Waals surface area contributed by atoms with E-state index >= 15 is 0 Å². The van der Waals surface area contributed by atoms with Crippen molar-refractivity contribution in [2.75, 3.05) is 0 Å². The Bertz CT molecular complexity index is 139. The quantitative estimate of drug-likeness (QED) is 0.220. The molecule has 0 N–H and O–H groups in total. The predicted octanol–water partition coefficient (Wildman–Crippen LogP) is -4.11. The normalized spacial score (nSPS) is 8.56. The van der Waals surface area contributed by atoms with E-state index in [9.17, 15) is 14.7 Å². The monoisotopic (exact) mass is 136 g/mol. The summed E-state index contributed by atoms with van der Waals surface area (Å²) in [5.74, 6) is -2.66. The Balaban J connectivity index is 0. The molecule has 4 heteroatoms. The van der Waals surface area contributed by atoms with Crippen LogP contribution in [0.4, 0.5) is 0 Å². The van der Waals surface area contributed by atoms with Crippen LogP contribution in [0.15, 0.2) is 12.2 Å². The second-order valence-corrected chi connectivity index (χ2v) is 1.15. The van der Waals surface area contributed by atoms with Crippen molar-refractivity contribution in [3.05, 3.63) is 12.2 Å². The summed E-state index contributed by atoms with van der Waals surface area (Å²) in [5, 5.41) is 9.58. The van der Waals surface area contributed by atoms with Crippen molar-refractivity contribution in [2.45, 2.75) is 6.92 Å². The average Bonchev–Trinajstić information content (AvgIpc) is 1.67. The Labute approximate surface area is 75.0 Å². The van der Waals surface area contributed by atoms with Gasteiger partial charge in [-0.25, -0.2) is 0 Å². The van der Waals surface area contributed by atoms with Gasteiger partial charge < -0.3 is 9.90 Å². The molecule has 0 unspecified atom stereocenters. The molecule has 0 amide bonds. The number of carbonyl (C=O) groups is 2. The molecule has 0 saturated carbocycles. The molecule has 9 heavy (non-hydrogen) atoms. The van der Waals surface area contributed by atoms with Crippen molar-refractivity contribution < 1.29 is 44.3 Å². The number of rotatable bonds is 2. The van der Waals surface area contributed by atoms with Gasteiger partial charge >= 0.3 is 29.6 Å². The summed E-state index contributed by atoms with van der Waals surface area (Å²) in [6, 6.07) is 0. The number of carbonyl (C=O) groups excluding carboxylic acids is 2. The van der Waals surface area contributed by atoms with E-state index < -0.39 is 11.8 Å². The Hall–Kier alpha value is -0.120. The van der Waals surface area contributed by atoms with Crippen molar-refractivity contribution in [1.29, 1.82) is 0 Å². The molecular weight excluding hydrogens is 131 g/mol. The molecule has 0 aromatic carbocycles. The first kappa shape index (κ1) is 11.6. The third-order valence-corrected chi connectivity index (χ3v) is 0.519. The Morgan fingerprint density at radius 3 is 2.00 bits per heavy atom. The number of hydrogen-bond donors (Lipinski definition) is 0. The molecule has 0 bridgehead atoms. The summed E-state index contributed by atoms with van der Waals surface area (Å²) < 4.78 is 0. The standard InChI is InChI=1S/C5H6O3.Na/c1-2-3-4(6)5(7)8;/h2-3H,1H3,(H,7,8);/q;+1/p-1/b3-2-;. The zero-order valence-electron chi connectivity index (χ0n) is 5.38. The summed E-state index contributed by atoms with van der Waals surface area (Å²) >= 11 is 0. The van der Waals surface area contributed by atoms with Crippen molar-refractivity contribution in [2.24, 2.45) is 0 Å². The van der Waals surface area contributed by atoms with Crippen LogP contribution in [0.5, 0.6) is 0 Å². The van der Waals surface area contributed by atoms with E-state index in [0.29, 0.717) is 0 Å². The van der Waals surface area contributed by atoms with Crippen molar-refractivity contribution in [1.82, 2.24) is 0 Å². The molecule has 0 rings (SSSR count). The van der Waals surface area contributed by atoms with Gasteiger partial charge in [-0.05, 0) is 13.0 Å². The predicted molar refractivity (Wildman–Crippen MR) is 24.8 cm³/mol. The van der Waals surface area contributed by atoms with Gasteiger partial charge in [-0.15, -0.1) is 0 Å². The topological polar surface area (TPSA) is 57.2 Å². The van der Waals surface area contributed by atoms with Gasteiger partial charge in [0.15, 0.2) is 0 Å². The Kier molecular flexibility index (Phi) is 7.77. The SMILES string of the molecule is C/C=C\C(=O)C(=O)[O-].[Na+]. The number of hydrogen-bond acceptors (Lipinski definition) is 3. The largest absolute Gasteiger partial charge is 1.00 e. The molecule has 0 spiro atoms. The van der Waals surface area contributed by atoms with Gasteiger partial charge in [-0.1, -0.05) is 6.08 Å². The Morgan fingerprint density at radius 2 is 1.89 bits per heavy atom. The summed E-state index contributed by atoms with van der Waals surface area (Å²) in [6.45, 7) is 1.56. The van der Waals surface area contributed by atoms with Gasteiger partial charge in [0.2, 0.25) is 5.78 Å². The molecule has 3 nitrogen and oxygen atoms in total. The molecule has 0 heterocycles. The molecule has 0 fully saturated rings. The number of aliphatic carboxylic acids is 1. The summed E-state index contributed by atoms with van der Waals surface area (Å²) in [4.78, 5) is 19.6. The van der Waals surface area contributed by atoms with E-state index in [1.165, 1.54) is 6.08 Å². The fourth-order valence-corrected chi connectivity index (χ4v) is 0.219. The molecule has 0 aromatic rings. The molecule has 0 aromatic heterocycles. The van der Waals surface area contributed by atoms with Gasteiger partial charge in [-0.2, -0.15) is 0 Å². The first-order valence-corrected chi connectivity index (χ1v) is 2.06. The molecule has 0 saturated heterocycles. The van der Waals surface area contributed by atoms with Crippen LogP contribution in [0.25, 0.3) is 0 Å². The van der Waals surface area contributed by atoms with E-state index in [1.54, 1.807) is 6.92 Å². The van der Waals surface area contributed by atoms with Crippen molar-refractivity contribution >= 4 is 11.8 Å². The summed E-state index contributed by atoms with van der Waals surface area (Å²) in [5.41, 5.74) is 0. The molecule has 0 aliphatic carbocycles. The smallest absolute Gasteiger partial charge is 0.541 e. The Morgan fingerprint density at radius 1 is 1.44 bits per heavy atom. The minimum atomic E-state index is -1.66. The van der Waals surface area contributed by atoms with Crippen LogP contribution < -0.4 is 34.7 Å². The fourth-order valence-electron chi connectivity index (χ4n) is 0.219. The molecule has 0 aliphatic rings. The number of carboxylic acids is 1. The van der Waals surface area contributed by atoms with Crippen LogP contribution in [0, 0.1) is 0 Å². The first-order chi connectivity index (χ1) is 3.68. The van der Waals surface area contributed by atoms with Crippen molar-refractivity contribution in [3.63, 3.8) is 0 Å². The van der Waals surface area contributed by atoms with Crippen LogP contribution in [0.1, 0.15) is 6.92 Å². The minimum Gasteiger partial charge on any atom is -0.541 e. The van der Waals surface area contributed by atoms with E-state index in [4.69, 9.17) is 0 Å². The fraction of sp³-hybridized carbons (Fsp3) is 0.200. The maximum atomic E-state index is 9.99. The molecule has 0 aliphatic heterocycles. The first-order valence-electron chi connectivity index (χ1n) is 2.06.